The van der Waals surface area contributed by atoms with Gasteiger partial charge in [-0.3, -0.25) is 9.59 Å². The number of amides is 1. The summed E-state index contributed by atoms with van der Waals surface area (Å²) < 4.78 is 10.3. The van der Waals surface area contributed by atoms with Crippen LogP contribution >= 0.6 is 15.9 Å². The van der Waals surface area contributed by atoms with Gasteiger partial charge in [-0.1, -0.05) is 30.3 Å². The Morgan fingerprint density at radius 3 is 2.52 bits per heavy atom. The molecule has 0 aliphatic carbocycles. The molecule has 9 heteroatoms. The van der Waals surface area contributed by atoms with Crippen molar-refractivity contribution in [3.63, 3.8) is 0 Å². The molecule has 0 saturated heterocycles. The molecule has 0 spiro atoms. The van der Waals surface area contributed by atoms with Gasteiger partial charge in [0.1, 0.15) is 17.5 Å². The van der Waals surface area contributed by atoms with Crippen molar-refractivity contribution >= 4 is 33.8 Å². The Labute approximate surface area is 189 Å². The van der Waals surface area contributed by atoms with E-state index in [1.165, 1.54) is 19.2 Å². The Balaban J connectivity index is 2.13. The molecule has 0 heterocycles. The zero-order valence-electron chi connectivity index (χ0n) is 17.3. The number of benzene rings is 2. The molecule has 2 rings (SSSR count). The number of halogens is 1. The molecular weight excluding hydrogens is 468 g/mol. The molecule has 2 aromatic rings. The van der Waals surface area contributed by atoms with Crippen LogP contribution < -0.4 is 15.4 Å². The predicted molar refractivity (Wildman–Crippen MR) is 118 cm³/mol. The van der Waals surface area contributed by atoms with Gasteiger partial charge in [0.25, 0.3) is 5.91 Å². The van der Waals surface area contributed by atoms with E-state index in [0.717, 1.165) is 5.56 Å². The van der Waals surface area contributed by atoms with E-state index in [1.54, 1.807) is 7.05 Å². The van der Waals surface area contributed by atoms with Crippen LogP contribution in [0, 0.1) is 0 Å². The largest absolute Gasteiger partial charge is 0.507 e. The minimum Gasteiger partial charge on any atom is -0.507 e. The molecule has 0 saturated carbocycles. The van der Waals surface area contributed by atoms with Gasteiger partial charge in [0, 0.05) is 18.9 Å². The summed E-state index contributed by atoms with van der Waals surface area (Å²) in [6, 6.07) is 10.7. The van der Waals surface area contributed by atoms with E-state index in [9.17, 15) is 19.5 Å². The van der Waals surface area contributed by atoms with Crippen molar-refractivity contribution in [1.29, 1.82) is 0 Å². The van der Waals surface area contributed by atoms with Crippen molar-refractivity contribution in [2.45, 2.75) is 25.3 Å². The minimum atomic E-state index is -0.942. The summed E-state index contributed by atoms with van der Waals surface area (Å²) in [5, 5.41) is 15.8. The second-order valence-corrected chi connectivity index (χ2v) is 7.57. The Kier molecular flexibility index (Phi) is 9.48. The second kappa shape index (κ2) is 12.1. The smallest absolute Gasteiger partial charge is 0.328 e. The van der Waals surface area contributed by atoms with Gasteiger partial charge in [-0.25, -0.2) is 4.79 Å². The molecule has 31 heavy (non-hydrogen) atoms. The molecule has 1 unspecified atom stereocenters. The molecule has 0 aliphatic rings. The molecule has 0 bridgehead atoms. The van der Waals surface area contributed by atoms with Gasteiger partial charge >= 0.3 is 11.9 Å². The molecule has 2 aromatic carbocycles. The first-order chi connectivity index (χ1) is 14.8. The Morgan fingerprint density at radius 1 is 1.16 bits per heavy atom. The number of phenolic OH excluding ortho intramolecular Hbond substituents is 1. The highest BCUT2D eigenvalue weighted by atomic mass is 79.9. The van der Waals surface area contributed by atoms with E-state index in [-0.39, 0.29) is 29.9 Å². The number of phenols is 1. The topological polar surface area (TPSA) is 114 Å². The summed E-state index contributed by atoms with van der Waals surface area (Å²) in [7, 11) is 3.02. The zero-order valence-corrected chi connectivity index (χ0v) is 18.9. The van der Waals surface area contributed by atoms with Crippen LogP contribution in [0.2, 0.25) is 0 Å². The fraction of sp³-hybridized carbons (Fsp3) is 0.318. The maximum absolute atomic E-state index is 12.7. The highest BCUT2D eigenvalue weighted by Gasteiger charge is 2.25. The molecule has 0 aliphatic heterocycles. The lowest BCUT2D eigenvalue weighted by Gasteiger charge is -2.17. The molecule has 0 aromatic heterocycles. The van der Waals surface area contributed by atoms with E-state index in [1.807, 2.05) is 30.3 Å². The SMILES string of the molecule is CNCCCC(=O)Oc1cc(O)c(C(=O)NC(Cc2ccccc2)C(=O)OC)cc1Br. The monoisotopic (exact) mass is 492 g/mol. The molecule has 3 N–H and O–H groups in total. The number of ether oxygens (including phenoxy) is 2. The lowest BCUT2D eigenvalue weighted by atomic mass is 10.1. The molecule has 0 fully saturated rings. The summed E-state index contributed by atoms with van der Waals surface area (Å²) in [4.78, 5) is 36.8. The van der Waals surface area contributed by atoms with E-state index in [0.29, 0.717) is 17.4 Å². The van der Waals surface area contributed by atoms with Crippen molar-refractivity contribution in [2.75, 3.05) is 20.7 Å². The van der Waals surface area contributed by atoms with Gasteiger partial charge in [0.05, 0.1) is 17.1 Å². The number of carbonyl (C=O) groups is 3. The number of hydrogen-bond acceptors (Lipinski definition) is 7. The van der Waals surface area contributed by atoms with E-state index >= 15 is 0 Å². The standard InChI is InChI=1S/C22H25BrN2O6/c1-24-10-6-9-20(27)31-19-13-18(26)15(12-16(19)23)21(28)25-17(22(29)30-2)11-14-7-4-3-5-8-14/h3-5,7-8,12-13,17,24,26H,6,9-11H2,1-2H3,(H,25,28). The van der Waals surface area contributed by atoms with Crippen LogP contribution in [0.25, 0.3) is 0 Å². The fourth-order valence-corrected chi connectivity index (χ4v) is 3.23. The van der Waals surface area contributed by atoms with Crippen molar-refractivity contribution in [3.8, 4) is 11.5 Å². The molecule has 166 valence electrons. The van der Waals surface area contributed by atoms with Crippen LogP contribution in [0.3, 0.4) is 0 Å². The average Bonchev–Trinajstić information content (AvgIpc) is 2.75. The van der Waals surface area contributed by atoms with Gasteiger partial charge in [-0.2, -0.15) is 0 Å². The highest BCUT2D eigenvalue weighted by molar-refractivity contribution is 9.10. The summed E-state index contributed by atoms with van der Waals surface area (Å²) in [5.74, 6) is -2.03. The van der Waals surface area contributed by atoms with Crippen LogP contribution in [0.15, 0.2) is 46.9 Å². The number of rotatable bonds is 10. The van der Waals surface area contributed by atoms with Crippen LogP contribution in [0.1, 0.15) is 28.8 Å². The van der Waals surface area contributed by atoms with Crippen molar-refractivity contribution in [2.24, 2.45) is 0 Å². The highest BCUT2D eigenvalue weighted by Crippen LogP contribution is 2.33. The lowest BCUT2D eigenvalue weighted by molar-refractivity contribution is -0.142. The van der Waals surface area contributed by atoms with Crippen molar-refractivity contribution in [1.82, 2.24) is 10.6 Å². The van der Waals surface area contributed by atoms with Crippen molar-refractivity contribution < 1.29 is 29.0 Å². The van der Waals surface area contributed by atoms with Gasteiger partial charge < -0.3 is 25.2 Å². The zero-order chi connectivity index (χ0) is 22.8. The number of methoxy groups -OCH3 is 1. The minimum absolute atomic E-state index is 0.0798. The van der Waals surface area contributed by atoms with Crippen LogP contribution in [-0.2, 0) is 20.7 Å². The molecule has 8 nitrogen and oxygen atoms in total. The predicted octanol–water partition coefficient (Wildman–Crippen LogP) is 2.57. The number of esters is 2. The molecule has 1 atom stereocenters. The second-order valence-electron chi connectivity index (χ2n) is 6.72. The average molecular weight is 493 g/mol. The first-order valence-electron chi connectivity index (χ1n) is 9.66. The summed E-state index contributed by atoms with van der Waals surface area (Å²) >= 11 is 3.25. The number of aromatic hydroxyl groups is 1. The Morgan fingerprint density at radius 2 is 1.87 bits per heavy atom. The first kappa shape index (κ1) is 24.4. The van der Waals surface area contributed by atoms with E-state index < -0.39 is 23.9 Å². The third kappa shape index (κ3) is 7.37. The maximum Gasteiger partial charge on any atom is 0.328 e. The lowest BCUT2D eigenvalue weighted by Crippen LogP contribution is -2.43. The quantitative estimate of drug-likeness (QED) is 0.265. The third-order valence-corrected chi connectivity index (χ3v) is 5.02. The summed E-state index contributed by atoms with van der Waals surface area (Å²) in [5.41, 5.74) is 0.757. The van der Waals surface area contributed by atoms with Gasteiger partial charge in [0.15, 0.2) is 0 Å². The number of nitrogens with one attached hydrogen (secondary N) is 2. The number of carbonyl (C=O) groups excluding carboxylic acids is 3. The van der Waals surface area contributed by atoms with Crippen LogP contribution in [0.5, 0.6) is 11.5 Å². The van der Waals surface area contributed by atoms with Crippen molar-refractivity contribution in [3.05, 3.63) is 58.1 Å². The molecular formula is C22H25BrN2O6. The maximum atomic E-state index is 12.7. The van der Waals surface area contributed by atoms with Gasteiger partial charge in [-0.15, -0.1) is 0 Å². The van der Waals surface area contributed by atoms with Crippen LogP contribution in [-0.4, -0.2) is 49.7 Å². The van der Waals surface area contributed by atoms with Crippen LogP contribution in [0.4, 0.5) is 0 Å². The fourth-order valence-electron chi connectivity index (χ4n) is 2.81. The molecule has 1 amide bonds. The molecule has 0 radical (unpaired) electrons. The normalized spacial score (nSPS) is 11.5. The Hall–Kier alpha value is -2.91. The van der Waals surface area contributed by atoms with E-state index in [2.05, 4.69) is 26.6 Å². The third-order valence-electron chi connectivity index (χ3n) is 4.40. The van der Waals surface area contributed by atoms with E-state index in [4.69, 9.17) is 9.47 Å². The summed E-state index contributed by atoms with van der Waals surface area (Å²) in [6.45, 7) is 0.672. The first-order valence-corrected chi connectivity index (χ1v) is 10.5. The van der Waals surface area contributed by atoms with Gasteiger partial charge in [-0.05, 0) is 47.6 Å². The number of hydrogen-bond donors (Lipinski definition) is 3. The summed E-state index contributed by atoms with van der Waals surface area (Å²) in [6.07, 6.45) is 1.04. The van der Waals surface area contributed by atoms with Gasteiger partial charge in [0.2, 0.25) is 0 Å². The Bertz CT molecular complexity index is 920.